The van der Waals surface area contributed by atoms with E-state index in [9.17, 15) is 0 Å². The van der Waals surface area contributed by atoms with E-state index >= 15 is 0 Å². The number of likely N-dealkylation sites (N-methyl/N-ethyl adjacent to an activating group) is 1. The predicted molar refractivity (Wildman–Crippen MR) is 67.1 cm³/mol. The summed E-state index contributed by atoms with van der Waals surface area (Å²) in [6.07, 6.45) is 2.77. The van der Waals surface area contributed by atoms with Gasteiger partial charge in [-0.2, -0.15) is 0 Å². The van der Waals surface area contributed by atoms with Crippen LogP contribution in [0.5, 0.6) is 0 Å². The zero-order chi connectivity index (χ0) is 11.4. The Morgan fingerprint density at radius 2 is 1.93 bits per heavy atom. The highest BCUT2D eigenvalue weighted by Crippen LogP contribution is 2.25. The topological polar surface area (TPSA) is 15.3 Å². The zero-order valence-electron chi connectivity index (χ0n) is 11.1. The summed E-state index contributed by atoms with van der Waals surface area (Å²) < 4.78 is 0. The Bertz CT molecular complexity index is 179. The molecule has 90 valence electrons. The molecule has 0 bridgehead atoms. The molecule has 0 aromatic rings. The average Bonchev–Trinajstić information content (AvgIpc) is 2.18. The Morgan fingerprint density at radius 3 is 2.47 bits per heavy atom. The Kier molecular flexibility index (Phi) is 5.07. The molecular formula is C13H28N2. The molecule has 3 unspecified atom stereocenters. The molecule has 0 spiro atoms. The van der Waals surface area contributed by atoms with Crippen molar-refractivity contribution in [2.45, 2.75) is 52.6 Å². The van der Waals surface area contributed by atoms with E-state index in [1.54, 1.807) is 0 Å². The third kappa shape index (κ3) is 3.46. The summed E-state index contributed by atoms with van der Waals surface area (Å²) in [5.41, 5.74) is 0. The quantitative estimate of drug-likeness (QED) is 0.769. The molecule has 1 rings (SSSR count). The van der Waals surface area contributed by atoms with Crippen molar-refractivity contribution in [2.24, 2.45) is 11.8 Å². The first-order chi connectivity index (χ1) is 7.06. The monoisotopic (exact) mass is 212 g/mol. The first kappa shape index (κ1) is 13.0. The number of piperidine rings is 1. The van der Waals surface area contributed by atoms with Crippen LogP contribution in [0.4, 0.5) is 0 Å². The Morgan fingerprint density at radius 1 is 1.27 bits per heavy atom. The first-order valence-electron chi connectivity index (χ1n) is 6.46. The van der Waals surface area contributed by atoms with Gasteiger partial charge in [0.25, 0.3) is 0 Å². The van der Waals surface area contributed by atoms with Crippen molar-refractivity contribution < 1.29 is 0 Å². The summed E-state index contributed by atoms with van der Waals surface area (Å²) in [7, 11) is 2.06. The lowest BCUT2D eigenvalue weighted by atomic mass is 9.90. The van der Waals surface area contributed by atoms with Crippen molar-refractivity contribution in [3.8, 4) is 0 Å². The van der Waals surface area contributed by atoms with Gasteiger partial charge in [0, 0.05) is 25.2 Å². The molecule has 2 nitrogen and oxygen atoms in total. The highest BCUT2D eigenvalue weighted by molar-refractivity contribution is 4.85. The SMILES string of the molecule is CNCC(C(C)C)N1CC(C)CCC1C. The van der Waals surface area contributed by atoms with E-state index in [2.05, 4.69) is 45.0 Å². The molecular weight excluding hydrogens is 184 g/mol. The smallest absolute Gasteiger partial charge is 0.0246 e. The van der Waals surface area contributed by atoms with Crippen molar-refractivity contribution in [1.29, 1.82) is 0 Å². The molecule has 0 aliphatic carbocycles. The lowest BCUT2D eigenvalue weighted by molar-refractivity contribution is 0.0551. The molecule has 2 heteroatoms. The highest BCUT2D eigenvalue weighted by Gasteiger charge is 2.30. The van der Waals surface area contributed by atoms with E-state index in [1.807, 2.05) is 0 Å². The lowest BCUT2D eigenvalue weighted by Gasteiger charge is -2.43. The number of rotatable bonds is 4. The molecule has 3 atom stereocenters. The van der Waals surface area contributed by atoms with Crippen LogP contribution in [-0.2, 0) is 0 Å². The summed E-state index contributed by atoms with van der Waals surface area (Å²) in [5.74, 6) is 1.62. The van der Waals surface area contributed by atoms with Crippen LogP contribution in [0.15, 0.2) is 0 Å². The zero-order valence-corrected chi connectivity index (χ0v) is 11.1. The molecule has 1 heterocycles. The van der Waals surface area contributed by atoms with Gasteiger partial charge in [0.05, 0.1) is 0 Å². The van der Waals surface area contributed by atoms with Gasteiger partial charge < -0.3 is 5.32 Å². The summed E-state index contributed by atoms with van der Waals surface area (Å²) in [6, 6.07) is 1.47. The minimum atomic E-state index is 0.702. The lowest BCUT2D eigenvalue weighted by Crippen LogP contribution is -2.52. The van der Waals surface area contributed by atoms with E-state index in [-0.39, 0.29) is 0 Å². The summed E-state index contributed by atoms with van der Waals surface area (Å²) in [5, 5.41) is 3.34. The van der Waals surface area contributed by atoms with Crippen molar-refractivity contribution >= 4 is 0 Å². The van der Waals surface area contributed by atoms with Crippen molar-refractivity contribution in [2.75, 3.05) is 20.1 Å². The maximum Gasteiger partial charge on any atom is 0.0246 e. The first-order valence-corrected chi connectivity index (χ1v) is 6.46. The van der Waals surface area contributed by atoms with Gasteiger partial charge in [-0.05, 0) is 38.6 Å². The molecule has 0 radical (unpaired) electrons. The normalized spacial score (nSPS) is 30.8. The van der Waals surface area contributed by atoms with Gasteiger partial charge in [-0.3, -0.25) is 4.90 Å². The van der Waals surface area contributed by atoms with Gasteiger partial charge in [-0.25, -0.2) is 0 Å². The van der Waals surface area contributed by atoms with Crippen molar-refractivity contribution in [3.63, 3.8) is 0 Å². The van der Waals surface area contributed by atoms with Crippen LogP contribution in [0, 0.1) is 11.8 Å². The van der Waals surface area contributed by atoms with Crippen LogP contribution in [0.2, 0.25) is 0 Å². The molecule has 1 aliphatic rings. The van der Waals surface area contributed by atoms with Gasteiger partial charge in [0.1, 0.15) is 0 Å². The molecule has 15 heavy (non-hydrogen) atoms. The highest BCUT2D eigenvalue weighted by atomic mass is 15.2. The van der Waals surface area contributed by atoms with E-state index in [1.165, 1.54) is 19.4 Å². The van der Waals surface area contributed by atoms with Gasteiger partial charge in [-0.1, -0.05) is 20.8 Å². The van der Waals surface area contributed by atoms with Gasteiger partial charge in [0.2, 0.25) is 0 Å². The fraction of sp³-hybridized carbons (Fsp3) is 1.00. The number of nitrogens with one attached hydrogen (secondary N) is 1. The summed E-state index contributed by atoms with van der Waals surface area (Å²) in [4.78, 5) is 2.72. The number of hydrogen-bond acceptors (Lipinski definition) is 2. The third-order valence-corrected chi connectivity index (χ3v) is 3.77. The maximum atomic E-state index is 3.34. The fourth-order valence-corrected chi connectivity index (χ4v) is 2.73. The van der Waals surface area contributed by atoms with E-state index in [0.717, 1.165) is 24.4 Å². The van der Waals surface area contributed by atoms with Crippen LogP contribution < -0.4 is 5.32 Å². The van der Waals surface area contributed by atoms with Crippen LogP contribution >= 0.6 is 0 Å². The van der Waals surface area contributed by atoms with Gasteiger partial charge in [0.15, 0.2) is 0 Å². The minimum Gasteiger partial charge on any atom is -0.318 e. The van der Waals surface area contributed by atoms with Gasteiger partial charge >= 0.3 is 0 Å². The third-order valence-electron chi connectivity index (χ3n) is 3.77. The maximum absolute atomic E-state index is 3.34. The van der Waals surface area contributed by atoms with Crippen molar-refractivity contribution in [3.05, 3.63) is 0 Å². The summed E-state index contributed by atoms with van der Waals surface area (Å²) >= 11 is 0. The standard InChI is InChI=1S/C13H28N2/c1-10(2)13(8-14-5)15-9-11(3)6-7-12(15)4/h10-14H,6-9H2,1-5H3. The minimum absolute atomic E-state index is 0.702. The largest absolute Gasteiger partial charge is 0.318 e. The molecule has 1 fully saturated rings. The number of nitrogens with zero attached hydrogens (tertiary/aromatic N) is 1. The van der Waals surface area contributed by atoms with Crippen LogP contribution in [0.1, 0.15) is 40.5 Å². The Hall–Kier alpha value is -0.0800. The Balaban J connectivity index is 2.62. The van der Waals surface area contributed by atoms with Crippen LogP contribution in [0.25, 0.3) is 0 Å². The van der Waals surface area contributed by atoms with Crippen molar-refractivity contribution in [1.82, 2.24) is 10.2 Å². The summed E-state index contributed by atoms with van der Waals surface area (Å²) in [6.45, 7) is 11.9. The second-order valence-electron chi connectivity index (χ2n) is 5.60. The second-order valence-corrected chi connectivity index (χ2v) is 5.60. The molecule has 0 saturated carbocycles. The molecule has 1 aliphatic heterocycles. The van der Waals surface area contributed by atoms with E-state index in [4.69, 9.17) is 0 Å². The number of likely N-dealkylation sites (tertiary alicyclic amines) is 1. The molecule has 1 N–H and O–H groups in total. The van der Waals surface area contributed by atoms with Crippen LogP contribution in [0.3, 0.4) is 0 Å². The Labute approximate surface area is 95.4 Å². The predicted octanol–water partition coefficient (Wildman–Crippen LogP) is 2.35. The molecule has 0 amide bonds. The average molecular weight is 212 g/mol. The van der Waals surface area contributed by atoms with E-state index < -0.39 is 0 Å². The van der Waals surface area contributed by atoms with Crippen LogP contribution in [-0.4, -0.2) is 37.1 Å². The molecule has 1 saturated heterocycles. The molecule has 0 aromatic heterocycles. The van der Waals surface area contributed by atoms with E-state index in [0.29, 0.717) is 6.04 Å². The fourth-order valence-electron chi connectivity index (χ4n) is 2.73. The number of hydrogen-bond donors (Lipinski definition) is 1. The van der Waals surface area contributed by atoms with Gasteiger partial charge in [-0.15, -0.1) is 0 Å². The molecule has 0 aromatic carbocycles. The second kappa shape index (κ2) is 5.86.